The highest BCUT2D eigenvalue weighted by Crippen LogP contribution is 2.44. The molecule has 0 saturated carbocycles. The highest BCUT2D eigenvalue weighted by Gasteiger charge is 2.18. The van der Waals surface area contributed by atoms with Gasteiger partial charge < -0.3 is 9.32 Å². The van der Waals surface area contributed by atoms with Gasteiger partial charge in [-0.15, -0.1) is 0 Å². The molecule has 48 heavy (non-hydrogen) atoms. The molecule has 0 radical (unpaired) electrons. The van der Waals surface area contributed by atoms with Gasteiger partial charge in [0.1, 0.15) is 11.2 Å². The quantitative estimate of drug-likeness (QED) is 0.182. The molecule has 0 spiro atoms. The van der Waals surface area contributed by atoms with Gasteiger partial charge in [0.05, 0.1) is 24.7 Å². The lowest BCUT2D eigenvalue weighted by atomic mass is 9.93. The molecule has 2 heteroatoms. The van der Waals surface area contributed by atoms with Crippen LogP contribution in [0, 0.1) is 0 Å². The molecule has 9 aromatic rings. The minimum Gasteiger partial charge on any atom is -0.455 e. The number of nitrogens with zero attached hydrogens (tertiary/aromatic N) is 1. The summed E-state index contributed by atoms with van der Waals surface area (Å²) in [7, 11) is 0. The molecule has 2 nitrogen and oxygen atoms in total. The van der Waals surface area contributed by atoms with Crippen LogP contribution in [-0.4, -0.2) is 0 Å². The van der Waals surface area contributed by atoms with E-state index < -0.39 is 137 Å². The molecule has 0 fully saturated rings. The van der Waals surface area contributed by atoms with Gasteiger partial charge in [0.15, 0.2) is 0 Å². The third kappa shape index (κ3) is 4.83. The summed E-state index contributed by atoms with van der Waals surface area (Å²) in [6.45, 7) is 0. The molecule has 0 aliphatic carbocycles. The third-order valence-electron chi connectivity index (χ3n) is 7.99. The van der Waals surface area contributed by atoms with Crippen molar-refractivity contribution < 1.29 is 29.1 Å². The van der Waals surface area contributed by atoms with Gasteiger partial charge in [-0.3, -0.25) is 0 Å². The Morgan fingerprint density at radius 2 is 1.00 bits per heavy atom. The molecule has 1 aromatic heterocycles. The van der Waals surface area contributed by atoms with Crippen LogP contribution in [0.2, 0.25) is 0 Å². The molecule has 0 bridgehead atoms. The summed E-state index contributed by atoms with van der Waals surface area (Å²) in [5.41, 5.74) is -1.07. The molecule has 0 atom stereocenters. The summed E-state index contributed by atoms with van der Waals surface area (Å²) < 4.78 is 166. The van der Waals surface area contributed by atoms with Crippen LogP contribution in [-0.2, 0) is 0 Å². The summed E-state index contributed by atoms with van der Waals surface area (Å²) in [6.07, 6.45) is 0. The number of hydrogen-bond donors (Lipinski definition) is 0. The molecule has 1 heterocycles. The van der Waals surface area contributed by atoms with E-state index in [1.165, 1.54) is 0 Å². The first-order valence-corrected chi connectivity index (χ1v) is 14.9. The molecule has 0 unspecified atom stereocenters. The predicted octanol–water partition coefficient (Wildman–Crippen LogP) is 13.2. The Labute approximate surface area is 305 Å². The molecule has 0 amide bonds. The number of hydrogen-bond acceptors (Lipinski definition) is 2. The van der Waals surface area contributed by atoms with E-state index in [0.29, 0.717) is 32.2 Å². The first kappa shape index (κ1) is 15.0. The maximum absolute atomic E-state index is 9.59. The molecule has 226 valence electrons. The standard InChI is InChI=1S/C46H31NO/c1-4-13-32(14-5-1)33-23-27-37(28-24-33)47(36-17-8-3-9-18-36)38-29-25-35(26-30-38)42-31-43-45-39(34-15-6-2-7-16-34)21-12-22-44(45)48-46(43)41-20-11-10-19-40(41)42/h1-31H/i1D,3D,4D,5D,8D,9D,13D,14D,17D,18D,23D,24D,25D,26D,27D,28D,29D,30D. The first-order valence-electron chi connectivity index (χ1n) is 23.9. The van der Waals surface area contributed by atoms with Gasteiger partial charge in [0.25, 0.3) is 0 Å². The smallest absolute Gasteiger partial charge is 0.143 e. The highest BCUT2D eigenvalue weighted by molar-refractivity contribution is 6.22. The van der Waals surface area contributed by atoms with E-state index in [4.69, 9.17) is 20.9 Å². The predicted molar refractivity (Wildman–Crippen MR) is 202 cm³/mol. The number of para-hydroxylation sites is 1. The Hall–Kier alpha value is -6.38. The van der Waals surface area contributed by atoms with Gasteiger partial charge in [0.2, 0.25) is 0 Å². The molecule has 8 aromatic carbocycles. The monoisotopic (exact) mass is 631 g/mol. The Morgan fingerprint density at radius 1 is 0.417 bits per heavy atom. The number of fused-ring (bicyclic) bond motifs is 5. The van der Waals surface area contributed by atoms with Crippen molar-refractivity contribution in [2.45, 2.75) is 0 Å². The first-order chi connectivity index (χ1) is 31.3. The van der Waals surface area contributed by atoms with Crippen molar-refractivity contribution in [3.63, 3.8) is 0 Å². The van der Waals surface area contributed by atoms with E-state index in [1.807, 2.05) is 48.5 Å². The van der Waals surface area contributed by atoms with Crippen LogP contribution in [0.5, 0.6) is 0 Å². The molecule has 0 aliphatic rings. The van der Waals surface area contributed by atoms with Gasteiger partial charge >= 0.3 is 0 Å². The number of rotatable bonds is 6. The molecular formula is C46H31NO. The summed E-state index contributed by atoms with van der Waals surface area (Å²) >= 11 is 0. The average molecular weight is 632 g/mol. The number of benzene rings is 8. The second kappa shape index (κ2) is 11.8. The highest BCUT2D eigenvalue weighted by atomic mass is 16.3. The molecule has 0 saturated heterocycles. The fraction of sp³-hybridized carbons (Fsp3) is 0. The lowest BCUT2D eigenvalue weighted by Crippen LogP contribution is -2.09. The Kier molecular flexibility index (Phi) is 3.68. The minimum absolute atomic E-state index is 0.199. The van der Waals surface area contributed by atoms with Crippen LogP contribution in [0.1, 0.15) is 24.7 Å². The van der Waals surface area contributed by atoms with Gasteiger partial charge in [-0.25, -0.2) is 0 Å². The SMILES string of the molecule is [2H]c1c([2H])c([2H])c(-c2c([2H])c([2H])c(N(c3c([2H])c([2H])c([2H])c([2H])c3[2H])c3c([2H])c([2H])c(-c4cc5c(oc6cccc(-c7ccccc7)c65)c5ccccc45)c([2H])c3[2H])c([2H])c2[2H])c([2H])c1[2H]. The molecule has 0 N–H and O–H groups in total. The molecule has 0 aliphatic heterocycles. The second-order valence-electron chi connectivity index (χ2n) is 10.7. The van der Waals surface area contributed by atoms with Crippen molar-refractivity contribution in [3.05, 3.63) is 188 Å². The van der Waals surface area contributed by atoms with Crippen LogP contribution in [0.3, 0.4) is 0 Å². The third-order valence-corrected chi connectivity index (χ3v) is 7.99. The summed E-state index contributed by atoms with van der Waals surface area (Å²) in [6, 6.07) is 8.25. The minimum atomic E-state index is -1.02. The van der Waals surface area contributed by atoms with Crippen LogP contribution < -0.4 is 4.90 Å². The van der Waals surface area contributed by atoms with Crippen molar-refractivity contribution in [2.24, 2.45) is 0 Å². The Morgan fingerprint density at radius 3 is 1.71 bits per heavy atom. The van der Waals surface area contributed by atoms with E-state index in [9.17, 15) is 8.22 Å². The summed E-state index contributed by atoms with van der Waals surface area (Å²) in [5.74, 6) is 0. The largest absolute Gasteiger partial charge is 0.455 e. The molecular weight excluding hydrogens is 583 g/mol. The fourth-order valence-electron chi connectivity index (χ4n) is 5.87. The van der Waals surface area contributed by atoms with Crippen LogP contribution >= 0.6 is 0 Å². The lowest BCUT2D eigenvalue weighted by molar-refractivity contribution is 0.673. The van der Waals surface area contributed by atoms with E-state index in [-0.39, 0.29) is 11.1 Å². The van der Waals surface area contributed by atoms with Gasteiger partial charge in [-0.05, 0) is 87.2 Å². The Balaban J connectivity index is 1.38. The van der Waals surface area contributed by atoms with Crippen LogP contribution in [0.4, 0.5) is 17.1 Å². The normalized spacial score (nSPS) is 16.6. The van der Waals surface area contributed by atoms with Crippen molar-refractivity contribution in [1.82, 2.24) is 0 Å². The van der Waals surface area contributed by atoms with Crippen molar-refractivity contribution in [1.29, 1.82) is 0 Å². The van der Waals surface area contributed by atoms with Gasteiger partial charge in [-0.1, -0.05) is 139 Å². The number of anilines is 3. The van der Waals surface area contributed by atoms with Crippen LogP contribution in [0.25, 0.3) is 66.1 Å². The van der Waals surface area contributed by atoms with E-state index >= 15 is 0 Å². The second-order valence-corrected chi connectivity index (χ2v) is 10.7. The maximum Gasteiger partial charge on any atom is 0.143 e. The van der Waals surface area contributed by atoms with E-state index in [0.717, 1.165) is 16.5 Å². The zero-order chi connectivity index (χ0) is 47.5. The van der Waals surface area contributed by atoms with Crippen molar-refractivity contribution >= 4 is 49.8 Å². The van der Waals surface area contributed by atoms with Crippen molar-refractivity contribution in [3.8, 4) is 33.4 Å². The van der Waals surface area contributed by atoms with E-state index in [2.05, 4.69) is 0 Å². The topological polar surface area (TPSA) is 16.4 Å². The summed E-state index contributed by atoms with van der Waals surface area (Å²) in [4.78, 5) is 0.578. The number of furan rings is 1. The van der Waals surface area contributed by atoms with E-state index in [1.54, 1.807) is 30.3 Å². The zero-order valence-electron chi connectivity index (χ0n) is 42.9. The summed E-state index contributed by atoms with van der Waals surface area (Å²) in [5, 5.41) is 2.40. The maximum atomic E-state index is 9.59. The Bertz CT molecular complexity index is 3470. The average Bonchev–Trinajstić information content (AvgIpc) is 3.70. The van der Waals surface area contributed by atoms with Crippen LogP contribution in [0.15, 0.2) is 192 Å². The van der Waals surface area contributed by atoms with Gasteiger partial charge in [-0.2, -0.15) is 0 Å². The van der Waals surface area contributed by atoms with Gasteiger partial charge in [0, 0.05) is 33.2 Å². The zero-order valence-corrected chi connectivity index (χ0v) is 24.9. The molecule has 9 rings (SSSR count). The van der Waals surface area contributed by atoms with Crippen molar-refractivity contribution in [2.75, 3.05) is 4.90 Å². The fourth-order valence-corrected chi connectivity index (χ4v) is 5.87. The lowest BCUT2D eigenvalue weighted by Gasteiger charge is -2.26.